The van der Waals surface area contributed by atoms with Gasteiger partial charge in [0.05, 0.1) is 4.90 Å². The molecule has 0 saturated heterocycles. The Morgan fingerprint density at radius 1 is 1.11 bits per heavy atom. The van der Waals surface area contributed by atoms with Gasteiger partial charge in [0.15, 0.2) is 5.44 Å². The zero-order chi connectivity index (χ0) is 12.7. The minimum absolute atomic E-state index is 0.147. The summed E-state index contributed by atoms with van der Waals surface area (Å²) in [6.45, 7) is 0. The van der Waals surface area contributed by atoms with Gasteiger partial charge < -0.3 is 10.5 Å². The van der Waals surface area contributed by atoms with E-state index >= 15 is 0 Å². The number of nitrogen functional groups attached to an aromatic ring is 1. The number of halogens is 2. The summed E-state index contributed by atoms with van der Waals surface area (Å²) in [7, 11) is 0. The minimum atomic E-state index is -0.147. The van der Waals surface area contributed by atoms with Crippen LogP contribution in [0.5, 0.6) is 5.75 Å². The largest absolute Gasteiger partial charge is 0.473 e. The molecule has 18 heavy (non-hydrogen) atoms. The van der Waals surface area contributed by atoms with E-state index in [0.29, 0.717) is 10.0 Å². The highest BCUT2D eigenvalue weighted by Gasteiger charge is 2.27. The number of ether oxygens (including phenoxy) is 1. The van der Waals surface area contributed by atoms with E-state index in [-0.39, 0.29) is 5.44 Å². The van der Waals surface area contributed by atoms with Gasteiger partial charge in [0.25, 0.3) is 0 Å². The van der Waals surface area contributed by atoms with Gasteiger partial charge in [-0.15, -0.1) is 0 Å². The quantitative estimate of drug-likeness (QED) is 0.771. The van der Waals surface area contributed by atoms with Crippen molar-refractivity contribution in [2.45, 2.75) is 10.3 Å². The molecule has 0 fully saturated rings. The number of hydrogen-bond donors (Lipinski definition) is 1. The number of fused-ring (bicyclic) bond motifs is 1. The lowest BCUT2D eigenvalue weighted by molar-refractivity contribution is 0.302. The van der Waals surface area contributed by atoms with Gasteiger partial charge in [-0.25, -0.2) is 0 Å². The van der Waals surface area contributed by atoms with Crippen molar-refractivity contribution in [3.8, 4) is 5.75 Å². The van der Waals surface area contributed by atoms with Gasteiger partial charge in [0, 0.05) is 21.3 Å². The van der Waals surface area contributed by atoms with Crippen molar-refractivity contribution in [2.75, 3.05) is 5.73 Å². The second-order valence-electron chi connectivity index (χ2n) is 3.94. The molecule has 0 aliphatic carbocycles. The van der Waals surface area contributed by atoms with Crippen LogP contribution in [-0.4, -0.2) is 0 Å². The summed E-state index contributed by atoms with van der Waals surface area (Å²) in [6.07, 6.45) is 0. The smallest absolute Gasteiger partial charge is 0.175 e. The summed E-state index contributed by atoms with van der Waals surface area (Å²) < 4.78 is 5.85. The van der Waals surface area contributed by atoms with Crippen LogP contribution >= 0.6 is 35.0 Å². The van der Waals surface area contributed by atoms with Crippen molar-refractivity contribution in [2.24, 2.45) is 0 Å². The van der Waals surface area contributed by atoms with Gasteiger partial charge in [0.1, 0.15) is 5.75 Å². The zero-order valence-electron chi connectivity index (χ0n) is 9.19. The highest BCUT2D eigenvalue weighted by atomic mass is 35.5. The van der Waals surface area contributed by atoms with Crippen LogP contribution in [0.4, 0.5) is 5.69 Å². The topological polar surface area (TPSA) is 35.2 Å². The fourth-order valence-electron chi connectivity index (χ4n) is 1.79. The van der Waals surface area contributed by atoms with E-state index in [1.54, 1.807) is 17.8 Å². The van der Waals surface area contributed by atoms with E-state index in [9.17, 15) is 0 Å². The van der Waals surface area contributed by atoms with Crippen molar-refractivity contribution in [1.82, 2.24) is 0 Å². The van der Waals surface area contributed by atoms with Gasteiger partial charge in [-0.1, -0.05) is 41.0 Å². The summed E-state index contributed by atoms with van der Waals surface area (Å²) in [4.78, 5) is 1.03. The Bertz CT molecular complexity index is 618. The Balaban J connectivity index is 1.93. The van der Waals surface area contributed by atoms with Crippen molar-refractivity contribution < 1.29 is 4.74 Å². The molecule has 0 bridgehead atoms. The molecule has 0 spiro atoms. The average Bonchev–Trinajstić information content (AvgIpc) is 2.71. The highest BCUT2D eigenvalue weighted by molar-refractivity contribution is 7.99. The Morgan fingerprint density at radius 3 is 2.72 bits per heavy atom. The number of thioether (sulfide) groups is 1. The lowest BCUT2D eigenvalue weighted by atomic mass is 10.2. The Morgan fingerprint density at radius 2 is 1.94 bits per heavy atom. The third-order valence-corrected chi connectivity index (χ3v) is 4.35. The molecule has 2 aromatic carbocycles. The fraction of sp³-hybridized carbons (Fsp3) is 0.0769. The Labute approximate surface area is 119 Å². The molecule has 1 unspecified atom stereocenters. The third-order valence-electron chi connectivity index (χ3n) is 2.65. The molecule has 1 aliphatic rings. The van der Waals surface area contributed by atoms with Crippen molar-refractivity contribution in [1.29, 1.82) is 0 Å². The predicted molar refractivity (Wildman–Crippen MR) is 76.5 cm³/mol. The third kappa shape index (κ3) is 2.14. The first-order chi connectivity index (χ1) is 8.63. The molecule has 2 aromatic rings. The first kappa shape index (κ1) is 12.0. The normalized spacial score (nSPS) is 17.3. The maximum absolute atomic E-state index is 6.18. The van der Waals surface area contributed by atoms with Crippen LogP contribution in [0.3, 0.4) is 0 Å². The predicted octanol–water partition coefficient (Wildman–Crippen LogP) is 4.76. The van der Waals surface area contributed by atoms with E-state index < -0.39 is 0 Å². The molecule has 3 rings (SSSR count). The van der Waals surface area contributed by atoms with Crippen molar-refractivity contribution >= 4 is 40.7 Å². The van der Waals surface area contributed by atoms with Crippen LogP contribution in [0.1, 0.15) is 11.0 Å². The lowest BCUT2D eigenvalue weighted by Crippen LogP contribution is -1.98. The standard InChI is InChI=1S/C13H9Cl2NOS/c14-7-1-3-9(10(15)5-7)13-17-11-4-2-8(16)6-12(11)18-13/h1-6,13H,16H2. The van der Waals surface area contributed by atoms with Crippen molar-refractivity contribution in [3.05, 3.63) is 52.0 Å². The van der Waals surface area contributed by atoms with Crippen LogP contribution in [0.15, 0.2) is 41.3 Å². The van der Waals surface area contributed by atoms with Gasteiger partial charge in [-0.05, 0) is 30.3 Å². The molecular formula is C13H9Cl2NOS. The number of benzene rings is 2. The van der Waals surface area contributed by atoms with E-state index in [1.807, 2.05) is 30.3 Å². The molecule has 0 saturated carbocycles. The number of anilines is 1. The van der Waals surface area contributed by atoms with E-state index in [0.717, 1.165) is 21.9 Å². The Kier molecular flexibility index (Phi) is 3.06. The summed E-state index contributed by atoms with van der Waals surface area (Å²) >= 11 is 13.7. The van der Waals surface area contributed by atoms with E-state index in [1.165, 1.54) is 0 Å². The van der Waals surface area contributed by atoms with Gasteiger partial charge in [0.2, 0.25) is 0 Å². The summed E-state index contributed by atoms with van der Waals surface area (Å²) in [5.74, 6) is 0.838. The molecule has 1 atom stereocenters. The first-order valence-corrected chi connectivity index (χ1v) is 6.95. The fourth-order valence-corrected chi connectivity index (χ4v) is 3.51. The Hall–Kier alpha value is -1.03. The molecule has 2 nitrogen and oxygen atoms in total. The second kappa shape index (κ2) is 4.57. The van der Waals surface area contributed by atoms with Gasteiger partial charge in [-0.3, -0.25) is 0 Å². The van der Waals surface area contributed by atoms with Crippen LogP contribution in [0.2, 0.25) is 10.0 Å². The number of hydrogen-bond acceptors (Lipinski definition) is 3. The summed E-state index contributed by atoms with van der Waals surface area (Å²) in [6, 6.07) is 11.0. The van der Waals surface area contributed by atoms with Crippen LogP contribution in [-0.2, 0) is 0 Å². The van der Waals surface area contributed by atoms with Gasteiger partial charge in [-0.2, -0.15) is 0 Å². The maximum atomic E-state index is 6.18. The van der Waals surface area contributed by atoms with E-state index in [2.05, 4.69) is 0 Å². The van der Waals surface area contributed by atoms with Crippen LogP contribution < -0.4 is 10.5 Å². The number of rotatable bonds is 1. The van der Waals surface area contributed by atoms with Gasteiger partial charge >= 0.3 is 0 Å². The monoisotopic (exact) mass is 297 g/mol. The first-order valence-electron chi connectivity index (χ1n) is 5.31. The molecule has 1 aliphatic heterocycles. The van der Waals surface area contributed by atoms with Crippen LogP contribution in [0, 0.1) is 0 Å². The molecule has 0 aromatic heterocycles. The lowest BCUT2D eigenvalue weighted by Gasteiger charge is -2.11. The summed E-state index contributed by atoms with van der Waals surface area (Å²) in [5.41, 5.74) is 7.25. The molecule has 1 heterocycles. The minimum Gasteiger partial charge on any atom is -0.473 e. The highest BCUT2D eigenvalue weighted by Crippen LogP contribution is 2.50. The molecule has 92 valence electrons. The summed E-state index contributed by atoms with van der Waals surface area (Å²) in [5, 5.41) is 1.23. The molecule has 5 heteroatoms. The molecule has 0 amide bonds. The maximum Gasteiger partial charge on any atom is 0.175 e. The SMILES string of the molecule is Nc1ccc2c(c1)SC(c1ccc(Cl)cc1Cl)O2. The molecule has 2 N–H and O–H groups in total. The molecule has 0 radical (unpaired) electrons. The average molecular weight is 298 g/mol. The zero-order valence-corrected chi connectivity index (χ0v) is 11.5. The van der Waals surface area contributed by atoms with E-state index in [4.69, 9.17) is 33.7 Å². The second-order valence-corrected chi connectivity index (χ2v) is 5.89. The van der Waals surface area contributed by atoms with Crippen molar-refractivity contribution in [3.63, 3.8) is 0 Å². The molecular weight excluding hydrogens is 289 g/mol. The number of nitrogens with two attached hydrogens (primary N) is 1. The van der Waals surface area contributed by atoms with Crippen LogP contribution in [0.25, 0.3) is 0 Å².